The number of anilines is 1. The number of nitrogen functional groups attached to an aromatic ring is 1. The molecule has 0 atom stereocenters. The first-order chi connectivity index (χ1) is 16.0. The summed E-state index contributed by atoms with van der Waals surface area (Å²) in [6, 6.07) is 9.18. The minimum absolute atomic E-state index is 0.0983. The van der Waals surface area contributed by atoms with Crippen LogP contribution in [0.4, 0.5) is 10.1 Å². The van der Waals surface area contributed by atoms with E-state index in [1.165, 1.54) is 11.6 Å². The number of benzene rings is 2. The fourth-order valence-electron chi connectivity index (χ4n) is 5.20. The number of nitrogens with zero attached hydrogens (tertiary/aromatic N) is 3. The summed E-state index contributed by atoms with van der Waals surface area (Å²) in [6.07, 6.45) is 5.39. The molecule has 1 aliphatic rings. The lowest BCUT2D eigenvalue weighted by Gasteiger charge is -2.30. The van der Waals surface area contributed by atoms with E-state index in [9.17, 15) is 9.18 Å². The van der Waals surface area contributed by atoms with E-state index < -0.39 is 11.4 Å². The van der Waals surface area contributed by atoms with Gasteiger partial charge in [0.2, 0.25) is 0 Å². The van der Waals surface area contributed by atoms with Crippen LogP contribution < -0.4 is 11.3 Å². The molecule has 0 bridgehead atoms. The van der Waals surface area contributed by atoms with Crippen LogP contribution in [-0.2, 0) is 0 Å². The molecule has 1 aliphatic heterocycles. The molecule has 2 aromatic carbocycles. The van der Waals surface area contributed by atoms with Crippen molar-refractivity contribution in [1.82, 2.24) is 25.1 Å². The first-order valence-corrected chi connectivity index (χ1v) is 11.1. The maximum atomic E-state index is 14.4. The number of H-pyrrole nitrogens is 2. The summed E-state index contributed by atoms with van der Waals surface area (Å²) in [4.78, 5) is 22.9. The summed E-state index contributed by atoms with van der Waals surface area (Å²) in [5.41, 5.74) is 10.2. The van der Waals surface area contributed by atoms with E-state index in [0.29, 0.717) is 27.9 Å². The Labute approximate surface area is 188 Å². The van der Waals surface area contributed by atoms with Crippen molar-refractivity contribution in [2.45, 2.75) is 18.8 Å². The average molecular weight is 442 g/mol. The molecule has 4 N–H and O–H groups in total. The number of piperidine rings is 1. The van der Waals surface area contributed by atoms with Gasteiger partial charge in [-0.25, -0.2) is 4.39 Å². The third kappa shape index (κ3) is 3.01. The van der Waals surface area contributed by atoms with Gasteiger partial charge in [-0.15, -0.1) is 0 Å². The molecular formula is C25H23FN6O. The van der Waals surface area contributed by atoms with E-state index in [1.54, 1.807) is 18.5 Å². The van der Waals surface area contributed by atoms with Gasteiger partial charge in [-0.05, 0) is 68.2 Å². The van der Waals surface area contributed by atoms with Crippen LogP contribution in [0, 0.1) is 5.82 Å². The molecule has 8 heteroatoms. The molecule has 0 spiro atoms. The zero-order valence-corrected chi connectivity index (χ0v) is 18.2. The highest BCUT2D eigenvalue weighted by Crippen LogP contribution is 2.41. The lowest BCUT2D eigenvalue weighted by molar-refractivity contribution is 0.256. The molecule has 0 radical (unpaired) electrons. The molecule has 33 heavy (non-hydrogen) atoms. The first kappa shape index (κ1) is 19.9. The van der Waals surface area contributed by atoms with Gasteiger partial charge in [-0.3, -0.25) is 14.9 Å². The predicted molar refractivity (Wildman–Crippen MR) is 129 cm³/mol. The van der Waals surface area contributed by atoms with Gasteiger partial charge in [-0.1, -0.05) is 12.1 Å². The number of nitrogens with two attached hydrogens (primary N) is 1. The second-order valence-corrected chi connectivity index (χ2v) is 8.86. The molecule has 4 heterocycles. The Kier molecular flexibility index (Phi) is 4.45. The third-order valence-corrected chi connectivity index (χ3v) is 6.94. The van der Waals surface area contributed by atoms with Gasteiger partial charge in [-0.2, -0.15) is 5.10 Å². The fraction of sp³-hybridized carbons (Fsp3) is 0.240. The van der Waals surface area contributed by atoms with Gasteiger partial charge < -0.3 is 15.6 Å². The molecule has 0 unspecified atom stereocenters. The molecule has 7 nitrogen and oxygen atoms in total. The first-order valence-electron chi connectivity index (χ1n) is 11.1. The lowest BCUT2D eigenvalue weighted by Crippen LogP contribution is -2.29. The van der Waals surface area contributed by atoms with Crippen LogP contribution in [0.1, 0.15) is 24.3 Å². The normalized spacial score (nSPS) is 15.7. The van der Waals surface area contributed by atoms with Crippen LogP contribution >= 0.6 is 0 Å². The van der Waals surface area contributed by atoms with Crippen LogP contribution in [0.5, 0.6) is 0 Å². The maximum absolute atomic E-state index is 14.4. The highest BCUT2D eigenvalue weighted by molar-refractivity contribution is 6.14. The van der Waals surface area contributed by atoms with Gasteiger partial charge in [0.05, 0.1) is 17.2 Å². The van der Waals surface area contributed by atoms with E-state index in [2.05, 4.69) is 44.2 Å². The summed E-state index contributed by atoms with van der Waals surface area (Å²) in [5.74, 6) is -0.0291. The Morgan fingerprint density at radius 1 is 1.12 bits per heavy atom. The Bertz CT molecular complexity index is 1600. The smallest absolute Gasteiger partial charge is 0.272 e. The Morgan fingerprint density at radius 3 is 2.76 bits per heavy atom. The Morgan fingerprint density at radius 2 is 1.94 bits per heavy atom. The summed E-state index contributed by atoms with van der Waals surface area (Å²) in [6.45, 7) is 2.05. The zero-order valence-electron chi connectivity index (χ0n) is 18.2. The van der Waals surface area contributed by atoms with Crippen LogP contribution in [0.2, 0.25) is 0 Å². The van der Waals surface area contributed by atoms with E-state index in [1.807, 2.05) is 6.07 Å². The van der Waals surface area contributed by atoms with Crippen molar-refractivity contribution in [3.05, 3.63) is 64.5 Å². The van der Waals surface area contributed by atoms with Gasteiger partial charge >= 0.3 is 0 Å². The van der Waals surface area contributed by atoms with E-state index in [4.69, 9.17) is 5.73 Å². The number of pyridine rings is 2. The lowest BCUT2D eigenvalue weighted by atomic mass is 9.85. The summed E-state index contributed by atoms with van der Waals surface area (Å²) >= 11 is 0. The van der Waals surface area contributed by atoms with Crippen molar-refractivity contribution in [2.75, 3.05) is 25.9 Å². The molecule has 0 amide bonds. The van der Waals surface area contributed by atoms with Crippen LogP contribution in [-0.4, -0.2) is 45.2 Å². The Balaban J connectivity index is 1.73. The van der Waals surface area contributed by atoms with E-state index in [0.717, 1.165) is 42.2 Å². The van der Waals surface area contributed by atoms with E-state index in [-0.39, 0.29) is 11.2 Å². The highest BCUT2D eigenvalue weighted by Gasteiger charge is 2.24. The number of fused-ring (bicyclic) bond motifs is 4. The molecule has 0 aliphatic carbocycles. The van der Waals surface area contributed by atoms with Crippen LogP contribution in [0.25, 0.3) is 43.8 Å². The number of nitrogens with one attached hydrogen (secondary N) is 2. The number of rotatable bonds is 2. The molecule has 6 rings (SSSR count). The number of aromatic amines is 2. The standard InChI is InChI=1S/C25H23FN6O/c1-32-9-6-13(7-10-32)16-11-17-20(14-4-5-19(26)22-18(14)12-29-31-22)21(27)25(33)30-24(17)23-15(16)3-2-8-28-23/h2-5,8,11-13H,6-7,9-10,27H2,1H3,(H,29,31)(H,30,33). The maximum Gasteiger partial charge on any atom is 0.272 e. The number of likely N-dealkylation sites (tertiary alicyclic amines) is 1. The quantitative estimate of drug-likeness (QED) is 0.356. The second-order valence-electron chi connectivity index (χ2n) is 8.86. The molecule has 5 aromatic rings. The second kappa shape index (κ2) is 7.38. The summed E-state index contributed by atoms with van der Waals surface area (Å²) in [5, 5.41) is 9.15. The zero-order chi connectivity index (χ0) is 22.7. The van der Waals surface area contributed by atoms with Gasteiger partial charge in [0, 0.05) is 27.9 Å². The Hall–Kier alpha value is -3.78. The summed E-state index contributed by atoms with van der Waals surface area (Å²) in [7, 11) is 2.14. The van der Waals surface area contributed by atoms with Crippen molar-refractivity contribution in [1.29, 1.82) is 0 Å². The van der Waals surface area contributed by atoms with Crippen molar-refractivity contribution < 1.29 is 4.39 Å². The van der Waals surface area contributed by atoms with Crippen molar-refractivity contribution in [3.8, 4) is 11.1 Å². The topological polar surface area (TPSA) is 104 Å². The molecule has 1 saturated heterocycles. The molecule has 1 fully saturated rings. The predicted octanol–water partition coefficient (Wildman–Crippen LogP) is 4.15. The number of hydrogen-bond donors (Lipinski definition) is 3. The monoisotopic (exact) mass is 442 g/mol. The van der Waals surface area contributed by atoms with Gasteiger partial charge in [0.15, 0.2) is 0 Å². The fourth-order valence-corrected chi connectivity index (χ4v) is 5.20. The minimum Gasteiger partial charge on any atom is -0.394 e. The number of halogens is 1. The SMILES string of the molecule is CN1CCC(c2cc3c(-c4ccc(F)c5[nH]ncc45)c(N)c(=O)[nH]c3c3ncccc23)CC1. The van der Waals surface area contributed by atoms with Gasteiger partial charge in [0.25, 0.3) is 5.56 Å². The van der Waals surface area contributed by atoms with Gasteiger partial charge in [0.1, 0.15) is 17.0 Å². The highest BCUT2D eigenvalue weighted by atomic mass is 19.1. The van der Waals surface area contributed by atoms with Crippen LogP contribution in [0.3, 0.4) is 0 Å². The molecule has 0 saturated carbocycles. The third-order valence-electron chi connectivity index (χ3n) is 6.94. The molecule has 3 aromatic heterocycles. The largest absolute Gasteiger partial charge is 0.394 e. The number of aromatic nitrogens is 4. The van der Waals surface area contributed by atoms with E-state index >= 15 is 0 Å². The average Bonchev–Trinajstić information content (AvgIpc) is 3.32. The van der Waals surface area contributed by atoms with Crippen molar-refractivity contribution in [3.63, 3.8) is 0 Å². The molecular weight excluding hydrogens is 419 g/mol. The van der Waals surface area contributed by atoms with Crippen LogP contribution in [0.15, 0.2) is 47.5 Å². The minimum atomic E-state index is -0.405. The van der Waals surface area contributed by atoms with Crippen molar-refractivity contribution >= 4 is 38.4 Å². The summed E-state index contributed by atoms with van der Waals surface area (Å²) < 4.78 is 14.4. The number of hydrogen-bond acceptors (Lipinski definition) is 5. The molecule has 166 valence electrons. The van der Waals surface area contributed by atoms with Crippen molar-refractivity contribution in [2.24, 2.45) is 0 Å².